The van der Waals surface area contributed by atoms with Gasteiger partial charge >= 0.3 is 0 Å². The van der Waals surface area contributed by atoms with Crippen LogP contribution in [-0.2, 0) is 9.59 Å². The van der Waals surface area contributed by atoms with Crippen LogP contribution in [0.3, 0.4) is 0 Å². The number of hydrogen-bond acceptors (Lipinski definition) is 3. The van der Waals surface area contributed by atoms with Gasteiger partial charge in [-0.05, 0) is 81.0 Å². The zero-order valence-corrected chi connectivity index (χ0v) is 18.8. The van der Waals surface area contributed by atoms with Gasteiger partial charge in [-0.2, -0.15) is 0 Å². The number of aromatic nitrogens is 1. The zero-order chi connectivity index (χ0) is 22.3. The van der Waals surface area contributed by atoms with Gasteiger partial charge in [-0.1, -0.05) is 35.4 Å². The number of nitrogens with zero attached hydrogens (tertiary/aromatic N) is 2. The van der Waals surface area contributed by atoms with Gasteiger partial charge < -0.3 is 4.57 Å². The fraction of sp³-hybridized carbons (Fsp3) is 0.125. The van der Waals surface area contributed by atoms with Gasteiger partial charge in [0.15, 0.2) is 5.11 Å². The van der Waals surface area contributed by atoms with Crippen LogP contribution in [0.5, 0.6) is 0 Å². The lowest BCUT2D eigenvalue weighted by Gasteiger charge is -2.29. The van der Waals surface area contributed by atoms with E-state index in [9.17, 15) is 9.59 Å². The minimum absolute atomic E-state index is 0.0283. The molecule has 0 unspecified atom stereocenters. The number of amides is 2. The average Bonchev–Trinajstić information content (AvgIpc) is 2.99. The summed E-state index contributed by atoms with van der Waals surface area (Å²) < 4.78 is 2.03. The Morgan fingerprint density at radius 3 is 2.35 bits per heavy atom. The van der Waals surface area contributed by atoms with Crippen LogP contribution in [0, 0.1) is 20.8 Å². The quantitative estimate of drug-likeness (QED) is 0.352. The minimum Gasteiger partial charge on any atom is -0.318 e. The number of hydrogen-bond donors (Lipinski definition) is 1. The van der Waals surface area contributed by atoms with E-state index in [4.69, 9.17) is 23.8 Å². The Kier molecular flexibility index (Phi) is 5.52. The van der Waals surface area contributed by atoms with Crippen LogP contribution in [-0.4, -0.2) is 21.5 Å². The molecule has 2 heterocycles. The van der Waals surface area contributed by atoms with E-state index >= 15 is 0 Å². The summed E-state index contributed by atoms with van der Waals surface area (Å²) in [5.74, 6) is -0.962. The molecule has 0 spiro atoms. The van der Waals surface area contributed by atoms with Crippen molar-refractivity contribution in [1.82, 2.24) is 9.88 Å². The van der Waals surface area contributed by atoms with E-state index in [0.717, 1.165) is 28.2 Å². The first kappa shape index (κ1) is 21.0. The monoisotopic (exact) mass is 449 g/mol. The second-order valence-electron chi connectivity index (χ2n) is 7.44. The number of carbonyl (C=O) groups is 2. The molecule has 0 aliphatic carbocycles. The summed E-state index contributed by atoms with van der Waals surface area (Å²) in [6.45, 7) is 5.86. The van der Waals surface area contributed by atoms with Crippen molar-refractivity contribution in [3.63, 3.8) is 0 Å². The lowest BCUT2D eigenvalue weighted by molar-refractivity contribution is -0.122. The van der Waals surface area contributed by atoms with Gasteiger partial charge in [0.25, 0.3) is 11.8 Å². The first-order valence-corrected chi connectivity index (χ1v) is 10.5. The highest BCUT2D eigenvalue weighted by Crippen LogP contribution is 2.27. The number of halogens is 1. The van der Waals surface area contributed by atoms with Crippen molar-refractivity contribution in [3.8, 4) is 5.69 Å². The summed E-state index contributed by atoms with van der Waals surface area (Å²) in [6.07, 6.45) is 1.62. The van der Waals surface area contributed by atoms with Crippen molar-refractivity contribution >= 4 is 52.5 Å². The number of aryl methyl sites for hydroxylation is 2. The molecule has 31 heavy (non-hydrogen) atoms. The highest BCUT2D eigenvalue weighted by atomic mass is 35.5. The Bertz CT molecular complexity index is 1260. The molecule has 5 nitrogen and oxygen atoms in total. The molecule has 0 atom stereocenters. The molecule has 2 amide bonds. The standard InChI is InChI=1S/C24H20ClN3O2S/c1-14-7-9-19(10-8-14)28-23(30)21(22(29)26-24(28)31)12-17-11-15(2)27(16(17)3)20-6-4-5-18(25)13-20/h4-13H,1-3H3,(H,26,29,31)/b21-12+. The van der Waals surface area contributed by atoms with Crippen molar-refractivity contribution in [2.75, 3.05) is 4.90 Å². The van der Waals surface area contributed by atoms with Crippen LogP contribution >= 0.6 is 23.8 Å². The largest absolute Gasteiger partial charge is 0.318 e. The van der Waals surface area contributed by atoms with Crippen LogP contribution in [0.15, 0.2) is 60.2 Å². The van der Waals surface area contributed by atoms with Gasteiger partial charge in [0.1, 0.15) is 5.57 Å². The van der Waals surface area contributed by atoms with Crippen LogP contribution in [0.4, 0.5) is 5.69 Å². The van der Waals surface area contributed by atoms with Gasteiger partial charge in [-0.3, -0.25) is 19.8 Å². The number of nitrogens with one attached hydrogen (secondary N) is 1. The van der Waals surface area contributed by atoms with Crippen LogP contribution in [0.1, 0.15) is 22.5 Å². The second-order valence-corrected chi connectivity index (χ2v) is 8.26. The normalized spacial score (nSPS) is 15.5. The third-order valence-electron chi connectivity index (χ3n) is 5.23. The van der Waals surface area contributed by atoms with E-state index in [-0.39, 0.29) is 10.7 Å². The lowest BCUT2D eigenvalue weighted by atomic mass is 10.1. The zero-order valence-electron chi connectivity index (χ0n) is 17.3. The van der Waals surface area contributed by atoms with Crippen molar-refractivity contribution in [1.29, 1.82) is 0 Å². The molecule has 4 rings (SSSR count). The fourth-order valence-electron chi connectivity index (χ4n) is 3.69. The smallest absolute Gasteiger partial charge is 0.270 e. The van der Waals surface area contributed by atoms with Gasteiger partial charge in [-0.25, -0.2) is 0 Å². The van der Waals surface area contributed by atoms with E-state index in [1.54, 1.807) is 18.2 Å². The minimum atomic E-state index is -0.508. The summed E-state index contributed by atoms with van der Waals surface area (Å²) in [5, 5.41) is 3.33. The maximum atomic E-state index is 13.2. The molecule has 1 aromatic heterocycles. The third kappa shape index (κ3) is 3.92. The van der Waals surface area contributed by atoms with Gasteiger partial charge in [0, 0.05) is 22.1 Å². The van der Waals surface area contributed by atoms with Gasteiger partial charge in [0.2, 0.25) is 0 Å². The van der Waals surface area contributed by atoms with Crippen molar-refractivity contribution in [2.45, 2.75) is 20.8 Å². The van der Waals surface area contributed by atoms with E-state index < -0.39 is 11.8 Å². The Hall–Kier alpha value is -3.22. The predicted octanol–water partition coefficient (Wildman–Crippen LogP) is 4.89. The topological polar surface area (TPSA) is 54.3 Å². The van der Waals surface area contributed by atoms with Crippen LogP contribution < -0.4 is 10.2 Å². The molecule has 2 aromatic carbocycles. The molecule has 7 heteroatoms. The summed E-state index contributed by atoms with van der Waals surface area (Å²) in [4.78, 5) is 27.2. The van der Waals surface area contributed by atoms with E-state index in [0.29, 0.717) is 10.7 Å². The van der Waals surface area contributed by atoms with Gasteiger partial charge in [0.05, 0.1) is 5.69 Å². The molecule has 156 valence electrons. The SMILES string of the molecule is Cc1ccc(N2C(=O)/C(=C/c3cc(C)n(-c4cccc(Cl)c4)c3C)C(=O)NC2=S)cc1. The average molecular weight is 450 g/mol. The number of thiocarbonyl (C=S) groups is 1. The molecule has 3 aromatic rings. The molecular formula is C24H20ClN3O2S. The van der Waals surface area contributed by atoms with Crippen molar-refractivity contribution in [3.05, 3.63) is 87.7 Å². The molecule has 1 fully saturated rings. The lowest BCUT2D eigenvalue weighted by Crippen LogP contribution is -2.54. The predicted molar refractivity (Wildman–Crippen MR) is 128 cm³/mol. The Balaban J connectivity index is 1.76. The summed E-state index contributed by atoms with van der Waals surface area (Å²) >= 11 is 11.4. The molecule has 1 aliphatic rings. The van der Waals surface area contributed by atoms with Crippen LogP contribution in [0.25, 0.3) is 11.8 Å². The maximum Gasteiger partial charge on any atom is 0.270 e. The Morgan fingerprint density at radius 1 is 0.968 bits per heavy atom. The summed E-state index contributed by atoms with van der Waals surface area (Å²) in [5.41, 5.74) is 5.23. The van der Waals surface area contributed by atoms with E-state index in [1.807, 2.05) is 67.8 Å². The fourth-order valence-corrected chi connectivity index (χ4v) is 4.15. The first-order chi connectivity index (χ1) is 14.8. The van der Waals surface area contributed by atoms with Crippen molar-refractivity contribution in [2.24, 2.45) is 0 Å². The molecule has 0 saturated carbocycles. The van der Waals surface area contributed by atoms with E-state index in [1.165, 1.54) is 4.90 Å². The highest BCUT2D eigenvalue weighted by Gasteiger charge is 2.34. The number of rotatable bonds is 3. The maximum absolute atomic E-state index is 13.2. The number of benzene rings is 2. The summed E-state index contributed by atoms with van der Waals surface area (Å²) in [6, 6.07) is 16.9. The second kappa shape index (κ2) is 8.13. The van der Waals surface area contributed by atoms with Crippen molar-refractivity contribution < 1.29 is 9.59 Å². The Labute approximate surface area is 190 Å². The molecule has 0 radical (unpaired) electrons. The highest BCUT2D eigenvalue weighted by molar-refractivity contribution is 7.80. The van der Waals surface area contributed by atoms with E-state index in [2.05, 4.69) is 5.32 Å². The molecule has 1 aliphatic heterocycles. The third-order valence-corrected chi connectivity index (χ3v) is 5.75. The molecular weight excluding hydrogens is 430 g/mol. The van der Waals surface area contributed by atoms with Crippen LogP contribution in [0.2, 0.25) is 5.02 Å². The molecule has 1 saturated heterocycles. The Morgan fingerprint density at radius 2 is 1.68 bits per heavy atom. The summed E-state index contributed by atoms with van der Waals surface area (Å²) in [7, 11) is 0. The van der Waals surface area contributed by atoms with Gasteiger partial charge in [-0.15, -0.1) is 0 Å². The number of anilines is 1. The number of carbonyl (C=O) groups excluding carboxylic acids is 2. The molecule has 0 bridgehead atoms. The first-order valence-electron chi connectivity index (χ1n) is 9.69. The molecule has 1 N–H and O–H groups in total.